The van der Waals surface area contributed by atoms with Crippen molar-refractivity contribution in [3.05, 3.63) is 71.7 Å². The van der Waals surface area contributed by atoms with Crippen LogP contribution < -0.4 is 15.5 Å². The average molecular weight is 431 g/mol. The quantitative estimate of drug-likeness (QED) is 0.631. The van der Waals surface area contributed by atoms with Gasteiger partial charge in [-0.2, -0.15) is 13.2 Å². The Bertz CT molecular complexity index is 1060. The molecule has 2 N–H and O–H groups in total. The van der Waals surface area contributed by atoms with Crippen LogP contribution in [0.5, 0.6) is 0 Å². The van der Waals surface area contributed by atoms with Crippen molar-refractivity contribution in [2.45, 2.75) is 12.7 Å². The molecule has 0 unspecified atom stereocenters. The van der Waals surface area contributed by atoms with Crippen molar-refractivity contribution in [2.24, 2.45) is 5.73 Å². The first kappa shape index (κ1) is 21.0. The summed E-state index contributed by atoms with van der Waals surface area (Å²) in [6.45, 7) is 2.36. The molecular formula is C22H21F4N5. The molecule has 1 aromatic heterocycles. The zero-order valence-corrected chi connectivity index (χ0v) is 16.6. The number of halogens is 4. The summed E-state index contributed by atoms with van der Waals surface area (Å²) in [5.41, 5.74) is 6.84. The molecule has 0 aliphatic carbocycles. The van der Waals surface area contributed by atoms with Crippen LogP contribution in [0.25, 0.3) is 11.3 Å². The van der Waals surface area contributed by atoms with Gasteiger partial charge in [-0.25, -0.2) is 14.4 Å². The van der Waals surface area contributed by atoms with E-state index < -0.39 is 11.7 Å². The first-order valence-corrected chi connectivity index (χ1v) is 9.85. The van der Waals surface area contributed by atoms with E-state index in [9.17, 15) is 17.6 Å². The van der Waals surface area contributed by atoms with E-state index in [1.807, 2.05) is 9.80 Å². The Morgan fingerprint density at radius 1 is 0.871 bits per heavy atom. The zero-order chi connectivity index (χ0) is 22.0. The van der Waals surface area contributed by atoms with E-state index in [-0.39, 0.29) is 12.4 Å². The molecule has 2 heterocycles. The Balaban J connectivity index is 1.58. The molecule has 0 spiro atoms. The monoisotopic (exact) mass is 431 g/mol. The molecule has 4 rings (SSSR count). The van der Waals surface area contributed by atoms with Crippen molar-refractivity contribution in [3.8, 4) is 11.3 Å². The molecule has 0 amide bonds. The molecule has 9 heteroatoms. The Morgan fingerprint density at radius 3 is 2.26 bits per heavy atom. The van der Waals surface area contributed by atoms with E-state index in [4.69, 9.17) is 5.73 Å². The Kier molecular flexibility index (Phi) is 5.77. The Morgan fingerprint density at radius 2 is 1.58 bits per heavy atom. The lowest BCUT2D eigenvalue weighted by molar-refractivity contribution is -0.137. The fraction of sp³-hybridized carbons (Fsp3) is 0.273. The number of hydrogen-bond donors (Lipinski definition) is 1. The lowest BCUT2D eigenvalue weighted by atomic mass is 10.1. The number of hydrogen-bond acceptors (Lipinski definition) is 5. The van der Waals surface area contributed by atoms with Gasteiger partial charge in [0.2, 0.25) is 5.95 Å². The number of benzene rings is 2. The van der Waals surface area contributed by atoms with Crippen LogP contribution in [0.2, 0.25) is 0 Å². The van der Waals surface area contributed by atoms with Crippen LogP contribution in [0.1, 0.15) is 11.3 Å². The SMILES string of the molecule is NCc1cc(-c2cccc(C(F)(F)F)c2)nc(N2CCN(c3ccccc3F)CC2)n1. The maximum Gasteiger partial charge on any atom is 0.416 e. The lowest BCUT2D eigenvalue weighted by Crippen LogP contribution is -2.47. The molecule has 5 nitrogen and oxygen atoms in total. The van der Waals surface area contributed by atoms with E-state index in [1.165, 1.54) is 12.1 Å². The van der Waals surface area contributed by atoms with Gasteiger partial charge in [0.1, 0.15) is 5.82 Å². The van der Waals surface area contributed by atoms with Crippen molar-refractivity contribution < 1.29 is 17.6 Å². The van der Waals surface area contributed by atoms with Crippen LogP contribution in [0.15, 0.2) is 54.6 Å². The summed E-state index contributed by atoms with van der Waals surface area (Å²) >= 11 is 0. The number of rotatable bonds is 4. The summed E-state index contributed by atoms with van der Waals surface area (Å²) in [6, 6.07) is 13.2. The molecule has 3 aromatic rings. The first-order chi connectivity index (χ1) is 14.8. The normalized spacial score (nSPS) is 14.7. The van der Waals surface area contributed by atoms with Gasteiger partial charge in [-0.15, -0.1) is 0 Å². The number of nitrogens with two attached hydrogens (primary N) is 1. The molecule has 162 valence electrons. The van der Waals surface area contributed by atoms with Gasteiger partial charge >= 0.3 is 6.18 Å². The maximum atomic E-state index is 14.1. The van der Waals surface area contributed by atoms with E-state index in [0.717, 1.165) is 12.1 Å². The molecule has 0 radical (unpaired) electrons. The molecular weight excluding hydrogens is 410 g/mol. The standard InChI is InChI=1S/C22H21F4N5/c23-18-6-1-2-7-20(18)30-8-10-31(11-9-30)21-28-17(14-27)13-19(29-21)15-4-3-5-16(12-15)22(24,25)26/h1-7,12-13H,8-11,14,27H2. The van der Waals surface area contributed by atoms with Crippen molar-refractivity contribution in [1.82, 2.24) is 9.97 Å². The van der Waals surface area contributed by atoms with Crippen molar-refractivity contribution in [3.63, 3.8) is 0 Å². The number of piperazine rings is 1. The predicted octanol–water partition coefficient (Wildman–Crippen LogP) is 4.09. The average Bonchev–Trinajstić information content (AvgIpc) is 2.79. The Labute approximate surface area is 177 Å². The highest BCUT2D eigenvalue weighted by Crippen LogP contribution is 2.32. The van der Waals surface area contributed by atoms with Crippen LogP contribution >= 0.6 is 0 Å². The summed E-state index contributed by atoms with van der Waals surface area (Å²) in [4.78, 5) is 12.9. The van der Waals surface area contributed by atoms with Gasteiger partial charge in [-0.05, 0) is 30.3 Å². The second kappa shape index (κ2) is 8.50. The summed E-state index contributed by atoms with van der Waals surface area (Å²) in [5, 5.41) is 0. The summed E-state index contributed by atoms with van der Waals surface area (Å²) in [6.07, 6.45) is -4.44. The summed E-state index contributed by atoms with van der Waals surface area (Å²) in [5.74, 6) is 0.132. The van der Waals surface area contributed by atoms with E-state index >= 15 is 0 Å². The maximum absolute atomic E-state index is 14.1. The van der Waals surface area contributed by atoms with Crippen molar-refractivity contribution >= 4 is 11.6 Å². The lowest BCUT2D eigenvalue weighted by Gasteiger charge is -2.36. The highest BCUT2D eigenvalue weighted by molar-refractivity contribution is 5.62. The fourth-order valence-electron chi connectivity index (χ4n) is 3.59. The van der Waals surface area contributed by atoms with Gasteiger partial charge in [0.25, 0.3) is 0 Å². The molecule has 0 atom stereocenters. The van der Waals surface area contributed by atoms with Gasteiger partial charge in [0, 0.05) is 38.3 Å². The molecule has 31 heavy (non-hydrogen) atoms. The molecule has 1 aliphatic rings. The highest BCUT2D eigenvalue weighted by atomic mass is 19.4. The second-order valence-electron chi connectivity index (χ2n) is 7.25. The van der Waals surface area contributed by atoms with Gasteiger partial charge in [0.15, 0.2) is 0 Å². The molecule has 0 bridgehead atoms. The topological polar surface area (TPSA) is 58.3 Å². The van der Waals surface area contributed by atoms with E-state index in [0.29, 0.717) is 54.8 Å². The van der Waals surface area contributed by atoms with Crippen molar-refractivity contribution in [2.75, 3.05) is 36.0 Å². The predicted molar refractivity (Wildman–Crippen MR) is 111 cm³/mol. The number of alkyl halides is 3. The van der Waals surface area contributed by atoms with Crippen LogP contribution in [-0.4, -0.2) is 36.1 Å². The number of nitrogens with zero attached hydrogens (tertiary/aromatic N) is 4. The van der Waals surface area contributed by atoms with Crippen LogP contribution in [0.4, 0.5) is 29.2 Å². The first-order valence-electron chi connectivity index (χ1n) is 9.85. The molecule has 1 saturated heterocycles. The molecule has 2 aromatic carbocycles. The Hall–Kier alpha value is -3.20. The van der Waals surface area contributed by atoms with Gasteiger partial charge < -0.3 is 15.5 Å². The van der Waals surface area contributed by atoms with E-state index in [2.05, 4.69) is 9.97 Å². The largest absolute Gasteiger partial charge is 0.416 e. The van der Waals surface area contributed by atoms with Crippen LogP contribution in [0, 0.1) is 5.82 Å². The third-order valence-electron chi connectivity index (χ3n) is 5.22. The number of anilines is 2. The number of para-hydroxylation sites is 1. The van der Waals surface area contributed by atoms with Crippen molar-refractivity contribution in [1.29, 1.82) is 0 Å². The zero-order valence-electron chi connectivity index (χ0n) is 16.6. The van der Waals surface area contributed by atoms with E-state index in [1.54, 1.807) is 30.3 Å². The third-order valence-corrected chi connectivity index (χ3v) is 5.22. The van der Waals surface area contributed by atoms with Crippen LogP contribution in [0.3, 0.4) is 0 Å². The fourth-order valence-corrected chi connectivity index (χ4v) is 3.59. The van der Waals surface area contributed by atoms with Gasteiger partial charge in [-0.1, -0.05) is 24.3 Å². The highest BCUT2D eigenvalue weighted by Gasteiger charge is 2.30. The third kappa shape index (κ3) is 4.61. The minimum atomic E-state index is -4.44. The number of aromatic nitrogens is 2. The second-order valence-corrected chi connectivity index (χ2v) is 7.25. The van der Waals surface area contributed by atoms with Crippen LogP contribution in [-0.2, 0) is 12.7 Å². The minimum Gasteiger partial charge on any atom is -0.366 e. The van der Waals surface area contributed by atoms with Gasteiger partial charge in [-0.3, -0.25) is 0 Å². The molecule has 1 fully saturated rings. The molecule has 1 aliphatic heterocycles. The summed E-state index contributed by atoms with van der Waals surface area (Å²) < 4.78 is 53.4. The summed E-state index contributed by atoms with van der Waals surface area (Å²) in [7, 11) is 0. The van der Waals surface area contributed by atoms with Gasteiger partial charge in [0.05, 0.1) is 22.6 Å². The minimum absolute atomic E-state index is 0.136. The smallest absolute Gasteiger partial charge is 0.366 e. The molecule has 0 saturated carbocycles.